The summed E-state index contributed by atoms with van der Waals surface area (Å²) < 4.78 is 0. The minimum atomic E-state index is -1.32. The minimum Gasteiger partial charge on any atom is -0.480 e. The molecule has 0 bridgehead atoms. The predicted molar refractivity (Wildman–Crippen MR) is 61.9 cm³/mol. The Hall–Kier alpha value is -2.19. The van der Waals surface area contributed by atoms with E-state index in [4.69, 9.17) is 5.11 Å². The lowest BCUT2D eigenvalue weighted by Gasteiger charge is -2.33. The summed E-state index contributed by atoms with van der Waals surface area (Å²) in [5.74, 6) is -1.06. The molecule has 0 aliphatic rings. The Morgan fingerprint density at radius 3 is 2.50 bits per heavy atom. The molecule has 0 saturated carbocycles. The molecule has 100 valence electrons. The van der Waals surface area contributed by atoms with Crippen molar-refractivity contribution in [3.05, 3.63) is 0 Å². The van der Waals surface area contributed by atoms with E-state index in [2.05, 4.69) is 20.7 Å². The number of aliphatic carboxylic acids is 1. The van der Waals surface area contributed by atoms with Crippen LogP contribution in [0.2, 0.25) is 0 Å². The van der Waals surface area contributed by atoms with E-state index >= 15 is 0 Å². The van der Waals surface area contributed by atoms with Gasteiger partial charge in [-0.3, -0.25) is 5.32 Å². The molecule has 0 aromatic carbocycles. The molecule has 1 aromatic heterocycles. The van der Waals surface area contributed by atoms with Gasteiger partial charge in [0.2, 0.25) is 0 Å². The molecular weight excluding hydrogens is 240 g/mol. The number of hydrogen-bond acceptors (Lipinski definition) is 5. The van der Waals surface area contributed by atoms with E-state index < -0.39 is 17.5 Å². The summed E-state index contributed by atoms with van der Waals surface area (Å²) in [7, 11) is 1.56. The molecule has 2 N–H and O–H groups in total. The Labute approximate surface area is 104 Å². The van der Waals surface area contributed by atoms with E-state index in [-0.39, 0.29) is 12.5 Å². The second-order valence-electron chi connectivity index (χ2n) is 4.14. The van der Waals surface area contributed by atoms with Crippen LogP contribution in [0, 0.1) is 0 Å². The third-order valence-electron chi connectivity index (χ3n) is 2.49. The standard InChI is InChI=1S/C9H16N6O3/c1-5-15(9(2,3)6(16)17)8(18)10-7-11-13-14(4)12-7/h5H2,1-4H3,(H,16,17)(H,10,12,18). The van der Waals surface area contributed by atoms with Gasteiger partial charge in [0.05, 0.1) is 7.05 Å². The Balaban J connectivity index is 2.83. The van der Waals surface area contributed by atoms with Crippen molar-refractivity contribution >= 4 is 17.9 Å². The van der Waals surface area contributed by atoms with Crippen LogP contribution in [0.3, 0.4) is 0 Å². The fraction of sp³-hybridized carbons (Fsp3) is 0.667. The summed E-state index contributed by atoms with van der Waals surface area (Å²) in [4.78, 5) is 25.4. The topological polar surface area (TPSA) is 113 Å². The molecule has 18 heavy (non-hydrogen) atoms. The van der Waals surface area contributed by atoms with E-state index in [1.54, 1.807) is 14.0 Å². The maximum absolute atomic E-state index is 11.9. The number of carboxylic acids is 1. The van der Waals surface area contributed by atoms with Gasteiger partial charge in [0.15, 0.2) is 0 Å². The fourth-order valence-corrected chi connectivity index (χ4v) is 1.41. The number of hydrogen-bond donors (Lipinski definition) is 2. The summed E-state index contributed by atoms with van der Waals surface area (Å²) >= 11 is 0. The van der Waals surface area contributed by atoms with Crippen molar-refractivity contribution in [1.82, 2.24) is 25.1 Å². The van der Waals surface area contributed by atoms with E-state index in [9.17, 15) is 9.59 Å². The monoisotopic (exact) mass is 256 g/mol. The molecule has 9 nitrogen and oxygen atoms in total. The van der Waals surface area contributed by atoms with Crippen molar-refractivity contribution in [3.63, 3.8) is 0 Å². The van der Waals surface area contributed by atoms with Crippen LogP contribution >= 0.6 is 0 Å². The quantitative estimate of drug-likeness (QED) is 0.779. The average molecular weight is 256 g/mol. The van der Waals surface area contributed by atoms with E-state index in [0.29, 0.717) is 0 Å². The number of carbonyl (C=O) groups is 2. The van der Waals surface area contributed by atoms with Gasteiger partial charge in [-0.15, -0.1) is 5.10 Å². The highest BCUT2D eigenvalue weighted by molar-refractivity contribution is 5.92. The summed E-state index contributed by atoms with van der Waals surface area (Å²) in [6.07, 6.45) is 0. The Kier molecular flexibility index (Phi) is 3.84. The van der Waals surface area contributed by atoms with Crippen LogP contribution < -0.4 is 5.32 Å². The third-order valence-corrected chi connectivity index (χ3v) is 2.49. The molecule has 1 heterocycles. The normalized spacial score (nSPS) is 11.1. The van der Waals surface area contributed by atoms with Crippen LogP contribution in [0.25, 0.3) is 0 Å². The number of amides is 2. The van der Waals surface area contributed by atoms with Crippen molar-refractivity contribution in [2.75, 3.05) is 11.9 Å². The summed E-state index contributed by atoms with van der Waals surface area (Å²) in [5.41, 5.74) is -1.32. The molecule has 0 spiro atoms. The van der Waals surface area contributed by atoms with E-state index in [1.165, 1.54) is 23.5 Å². The molecule has 0 atom stereocenters. The van der Waals surface area contributed by atoms with Crippen molar-refractivity contribution in [2.45, 2.75) is 26.3 Å². The zero-order chi connectivity index (χ0) is 13.9. The van der Waals surface area contributed by atoms with Gasteiger partial charge in [0.25, 0.3) is 5.95 Å². The lowest BCUT2D eigenvalue weighted by molar-refractivity contribution is -0.147. The highest BCUT2D eigenvalue weighted by atomic mass is 16.4. The highest BCUT2D eigenvalue weighted by Crippen LogP contribution is 2.15. The van der Waals surface area contributed by atoms with Crippen LogP contribution in [0.1, 0.15) is 20.8 Å². The number of likely N-dealkylation sites (N-methyl/N-ethyl adjacent to an activating group) is 1. The fourth-order valence-electron chi connectivity index (χ4n) is 1.41. The Bertz CT molecular complexity index is 455. The molecule has 0 radical (unpaired) electrons. The van der Waals surface area contributed by atoms with Crippen LogP contribution in [-0.2, 0) is 11.8 Å². The van der Waals surface area contributed by atoms with Gasteiger partial charge >= 0.3 is 12.0 Å². The third kappa shape index (κ3) is 2.73. The number of tetrazole rings is 1. The lowest BCUT2D eigenvalue weighted by atomic mass is 10.0. The number of carboxylic acid groups (broad SMARTS) is 1. The van der Waals surface area contributed by atoms with Gasteiger partial charge < -0.3 is 10.0 Å². The van der Waals surface area contributed by atoms with Crippen LogP contribution in [-0.4, -0.2) is 54.3 Å². The highest BCUT2D eigenvalue weighted by Gasteiger charge is 2.37. The van der Waals surface area contributed by atoms with Gasteiger partial charge in [0, 0.05) is 6.54 Å². The number of rotatable bonds is 4. The second-order valence-corrected chi connectivity index (χ2v) is 4.14. The molecular formula is C9H16N6O3. The van der Waals surface area contributed by atoms with Crippen LogP contribution in [0.4, 0.5) is 10.7 Å². The molecule has 1 aromatic rings. The predicted octanol–water partition coefficient (Wildman–Crippen LogP) is -0.0729. The first-order chi connectivity index (χ1) is 8.28. The summed E-state index contributed by atoms with van der Waals surface area (Å²) in [5, 5.41) is 22.4. The summed E-state index contributed by atoms with van der Waals surface area (Å²) in [6.45, 7) is 4.82. The largest absolute Gasteiger partial charge is 0.480 e. The number of urea groups is 1. The van der Waals surface area contributed by atoms with E-state index in [1.807, 2.05) is 0 Å². The van der Waals surface area contributed by atoms with Gasteiger partial charge in [-0.2, -0.15) is 4.80 Å². The Morgan fingerprint density at radius 2 is 2.11 bits per heavy atom. The second kappa shape index (κ2) is 4.98. The van der Waals surface area contributed by atoms with Gasteiger partial charge in [-0.05, 0) is 26.0 Å². The van der Waals surface area contributed by atoms with Crippen molar-refractivity contribution in [1.29, 1.82) is 0 Å². The number of carbonyl (C=O) groups excluding carboxylic acids is 1. The molecule has 0 saturated heterocycles. The molecule has 0 aliphatic carbocycles. The van der Waals surface area contributed by atoms with Gasteiger partial charge in [-0.1, -0.05) is 5.10 Å². The zero-order valence-electron chi connectivity index (χ0n) is 10.7. The summed E-state index contributed by atoms with van der Waals surface area (Å²) in [6, 6.07) is -0.585. The molecule has 2 amide bonds. The number of aromatic nitrogens is 4. The van der Waals surface area contributed by atoms with Crippen molar-refractivity contribution in [3.8, 4) is 0 Å². The molecule has 0 fully saturated rings. The maximum Gasteiger partial charge on any atom is 0.329 e. The molecule has 0 aliphatic heterocycles. The average Bonchev–Trinajstić information content (AvgIpc) is 2.64. The number of aryl methyl sites for hydroxylation is 1. The first kappa shape index (κ1) is 13.9. The molecule has 9 heteroatoms. The number of nitrogens with zero attached hydrogens (tertiary/aromatic N) is 5. The first-order valence-electron chi connectivity index (χ1n) is 5.35. The maximum atomic E-state index is 11.9. The molecule has 1 rings (SSSR count). The van der Waals surface area contributed by atoms with Crippen molar-refractivity contribution < 1.29 is 14.7 Å². The van der Waals surface area contributed by atoms with E-state index in [0.717, 1.165) is 0 Å². The zero-order valence-corrected chi connectivity index (χ0v) is 10.7. The number of nitrogens with one attached hydrogen (secondary N) is 1. The van der Waals surface area contributed by atoms with Crippen molar-refractivity contribution in [2.24, 2.45) is 7.05 Å². The first-order valence-corrected chi connectivity index (χ1v) is 5.35. The van der Waals surface area contributed by atoms with Crippen LogP contribution in [0.15, 0.2) is 0 Å². The SMILES string of the molecule is CCN(C(=O)Nc1nnn(C)n1)C(C)(C)C(=O)O. The van der Waals surface area contributed by atoms with Crippen LogP contribution in [0.5, 0.6) is 0 Å². The number of anilines is 1. The lowest BCUT2D eigenvalue weighted by Crippen LogP contribution is -2.54. The smallest absolute Gasteiger partial charge is 0.329 e. The Morgan fingerprint density at radius 1 is 1.50 bits per heavy atom. The van der Waals surface area contributed by atoms with Gasteiger partial charge in [0.1, 0.15) is 5.54 Å². The van der Waals surface area contributed by atoms with Gasteiger partial charge in [-0.25, -0.2) is 9.59 Å². The molecule has 0 unspecified atom stereocenters. The minimum absolute atomic E-state index is 0.0298.